The van der Waals surface area contributed by atoms with E-state index >= 15 is 0 Å². The summed E-state index contributed by atoms with van der Waals surface area (Å²) in [5.41, 5.74) is 0. The van der Waals surface area contributed by atoms with Crippen LogP contribution in [0.2, 0.25) is 0 Å². The number of aliphatic hydroxyl groups excluding tert-OH is 1. The SMILES string of the molecule is COCOc1ccc(OCCN2CC(O)C2)cc1. The van der Waals surface area contributed by atoms with Gasteiger partial charge in [0.15, 0.2) is 6.79 Å². The Bertz CT molecular complexity index is 349. The highest BCUT2D eigenvalue weighted by Crippen LogP contribution is 2.17. The lowest BCUT2D eigenvalue weighted by atomic mass is 10.2. The van der Waals surface area contributed by atoms with Crippen molar-refractivity contribution in [3.05, 3.63) is 24.3 Å². The van der Waals surface area contributed by atoms with Gasteiger partial charge in [0.05, 0.1) is 6.10 Å². The van der Waals surface area contributed by atoms with Crippen molar-refractivity contribution in [1.82, 2.24) is 4.90 Å². The molecule has 1 heterocycles. The zero-order valence-corrected chi connectivity index (χ0v) is 10.5. The van der Waals surface area contributed by atoms with E-state index in [9.17, 15) is 0 Å². The Kier molecular flexibility index (Phi) is 4.81. The number of ether oxygens (including phenoxy) is 3. The summed E-state index contributed by atoms with van der Waals surface area (Å²) >= 11 is 0. The van der Waals surface area contributed by atoms with Crippen LogP contribution in [0.3, 0.4) is 0 Å². The number of hydrogen-bond acceptors (Lipinski definition) is 5. The van der Waals surface area contributed by atoms with Crippen molar-refractivity contribution in [1.29, 1.82) is 0 Å². The van der Waals surface area contributed by atoms with E-state index < -0.39 is 0 Å². The normalized spacial score (nSPS) is 16.3. The molecule has 0 aliphatic carbocycles. The first-order valence-corrected chi connectivity index (χ1v) is 6.03. The number of aliphatic hydroxyl groups is 1. The van der Waals surface area contributed by atoms with Crippen LogP contribution in [0.4, 0.5) is 0 Å². The molecule has 0 aromatic heterocycles. The highest BCUT2D eigenvalue weighted by molar-refractivity contribution is 5.31. The van der Waals surface area contributed by atoms with Gasteiger partial charge in [0.2, 0.25) is 0 Å². The van der Waals surface area contributed by atoms with E-state index in [0.717, 1.165) is 31.1 Å². The number of β-amino-alcohol motifs (C(OH)–C–C–N with tert-alkyl or cyclic N) is 1. The summed E-state index contributed by atoms with van der Waals surface area (Å²) in [5.74, 6) is 1.58. The molecule has 0 bridgehead atoms. The molecule has 18 heavy (non-hydrogen) atoms. The van der Waals surface area contributed by atoms with E-state index in [1.165, 1.54) is 0 Å². The molecule has 1 fully saturated rings. The maximum Gasteiger partial charge on any atom is 0.188 e. The summed E-state index contributed by atoms with van der Waals surface area (Å²) in [7, 11) is 1.59. The third-order valence-electron chi connectivity index (χ3n) is 2.78. The number of rotatable bonds is 7. The Morgan fingerprint density at radius 2 is 1.78 bits per heavy atom. The lowest BCUT2D eigenvalue weighted by molar-refractivity contribution is -0.00388. The van der Waals surface area contributed by atoms with Gasteiger partial charge in [-0.05, 0) is 24.3 Å². The van der Waals surface area contributed by atoms with E-state index in [2.05, 4.69) is 4.90 Å². The zero-order valence-electron chi connectivity index (χ0n) is 10.5. The lowest BCUT2D eigenvalue weighted by Crippen LogP contribution is -2.51. The summed E-state index contributed by atoms with van der Waals surface area (Å²) < 4.78 is 15.7. The van der Waals surface area contributed by atoms with Gasteiger partial charge < -0.3 is 19.3 Å². The van der Waals surface area contributed by atoms with Gasteiger partial charge in [0.1, 0.15) is 18.1 Å². The number of hydrogen-bond donors (Lipinski definition) is 1. The van der Waals surface area contributed by atoms with Crippen LogP contribution >= 0.6 is 0 Å². The van der Waals surface area contributed by atoms with Crippen molar-refractivity contribution >= 4 is 0 Å². The first-order valence-electron chi connectivity index (χ1n) is 6.03. The van der Waals surface area contributed by atoms with Crippen LogP contribution in [-0.2, 0) is 4.74 Å². The molecule has 0 saturated carbocycles. The predicted molar refractivity (Wildman–Crippen MR) is 66.9 cm³/mol. The molecule has 5 nitrogen and oxygen atoms in total. The van der Waals surface area contributed by atoms with Crippen LogP contribution in [0.15, 0.2) is 24.3 Å². The molecule has 0 unspecified atom stereocenters. The fourth-order valence-electron chi connectivity index (χ4n) is 1.78. The van der Waals surface area contributed by atoms with Crippen LogP contribution in [0.5, 0.6) is 11.5 Å². The first-order chi connectivity index (χ1) is 8.78. The van der Waals surface area contributed by atoms with Crippen molar-refractivity contribution in [2.24, 2.45) is 0 Å². The monoisotopic (exact) mass is 253 g/mol. The third kappa shape index (κ3) is 3.87. The second-order valence-electron chi connectivity index (χ2n) is 4.28. The molecule has 1 aliphatic heterocycles. The fraction of sp³-hybridized carbons (Fsp3) is 0.538. The molecule has 5 heteroatoms. The highest BCUT2D eigenvalue weighted by atomic mass is 16.7. The number of benzene rings is 1. The summed E-state index contributed by atoms with van der Waals surface area (Å²) in [6.07, 6.45) is -0.151. The molecule has 1 N–H and O–H groups in total. The summed E-state index contributed by atoms with van der Waals surface area (Å²) in [6.45, 7) is 3.24. The van der Waals surface area contributed by atoms with Crippen molar-refractivity contribution in [2.45, 2.75) is 6.10 Å². The van der Waals surface area contributed by atoms with E-state index in [4.69, 9.17) is 19.3 Å². The second kappa shape index (κ2) is 6.58. The Morgan fingerprint density at radius 1 is 1.17 bits per heavy atom. The Balaban J connectivity index is 1.66. The maximum atomic E-state index is 9.13. The van der Waals surface area contributed by atoms with Crippen LogP contribution < -0.4 is 9.47 Å². The molecule has 1 saturated heterocycles. The van der Waals surface area contributed by atoms with Crippen LogP contribution in [-0.4, -0.2) is 56.3 Å². The van der Waals surface area contributed by atoms with Crippen LogP contribution in [0, 0.1) is 0 Å². The summed E-state index contributed by atoms with van der Waals surface area (Å²) in [5, 5.41) is 9.13. The lowest BCUT2D eigenvalue weighted by Gasteiger charge is -2.35. The predicted octanol–water partition coefficient (Wildman–Crippen LogP) is 0.725. The van der Waals surface area contributed by atoms with E-state index in [-0.39, 0.29) is 12.9 Å². The molecule has 2 rings (SSSR count). The highest BCUT2D eigenvalue weighted by Gasteiger charge is 2.23. The minimum Gasteiger partial charge on any atom is -0.492 e. The molecule has 0 spiro atoms. The Labute approximate surface area is 107 Å². The van der Waals surface area contributed by atoms with Crippen molar-refractivity contribution < 1.29 is 19.3 Å². The first kappa shape index (κ1) is 13.1. The summed E-state index contributed by atoms with van der Waals surface area (Å²) in [6, 6.07) is 7.44. The van der Waals surface area contributed by atoms with Gasteiger partial charge >= 0.3 is 0 Å². The molecule has 1 aliphatic rings. The average molecular weight is 253 g/mol. The number of methoxy groups -OCH3 is 1. The minimum atomic E-state index is -0.151. The van der Waals surface area contributed by atoms with E-state index in [1.54, 1.807) is 7.11 Å². The molecule has 0 amide bonds. The fourth-order valence-corrected chi connectivity index (χ4v) is 1.78. The van der Waals surface area contributed by atoms with Gasteiger partial charge in [-0.2, -0.15) is 0 Å². The maximum absolute atomic E-state index is 9.13. The largest absolute Gasteiger partial charge is 0.492 e. The van der Waals surface area contributed by atoms with Crippen LogP contribution in [0.1, 0.15) is 0 Å². The molecule has 0 radical (unpaired) electrons. The molecule has 0 atom stereocenters. The Morgan fingerprint density at radius 3 is 2.33 bits per heavy atom. The third-order valence-corrected chi connectivity index (χ3v) is 2.78. The standard InChI is InChI=1S/C13H19NO4/c1-16-10-18-13-4-2-12(3-5-13)17-7-6-14-8-11(15)9-14/h2-5,11,15H,6-10H2,1H3. The van der Waals surface area contributed by atoms with Gasteiger partial charge in [-0.15, -0.1) is 0 Å². The second-order valence-corrected chi connectivity index (χ2v) is 4.28. The zero-order chi connectivity index (χ0) is 12.8. The molecular formula is C13H19NO4. The van der Waals surface area contributed by atoms with Gasteiger partial charge in [0.25, 0.3) is 0 Å². The molecule has 1 aromatic rings. The van der Waals surface area contributed by atoms with Gasteiger partial charge in [-0.1, -0.05) is 0 Å². The molecular weight excluding hydrogens is 234 g/mol. The summed E-state index contributed by atoms with van der Waals surface area (Å²) in [4.78, 5) is 2.15. The topological polar surface area (TPSA) is 51.2 Å². The van der Waals surface area contributed by atoms with E-state index in [1.807, 2.05) is 24.3 Å². The van der Waals surface area contributed by atoms with Gasteiger partial charge in [-0.3, -0.25) is 4.90 Å². The number of likely N-dealkylation sites (tertiary alicyclic amines) is 1. The van der Waals surface area contributed by atoms with Crippen molar-refractivity contribution in [3.8, 4) is 11.5 Å². The average Bonchev–Trinajstić information content (AvgIpc) is 2.35. The molecule has 100 valence electrons. The molecule has 1 aromatic carbocycles. The number of nitrogens with zero attached hydrogens (tertiary/aromatic N) is 1. The van der Waals surface area contributed by atoms with E-state index in [0.29, 0.717) is 6.61 Å². The smallest absolute Gasteiger partial charge is 0.188 e. The Hall–Kier alpha value is -1.30. The minimum absolute atomic E-state index is 0.151. The quantitative estimate of drug-likeness (QED) is 0.726. The van der Waals surface area contributed by atoms with Gasteiger partial charge in [0, 0.05) is 26.7 Å². The van der Waals surface area contributed by atoms with Gasteiger partial charge in [-0.25, -0.2) is 0 Å². The van der Waals surface area contributed by atoms with Crippen molar-refractivity contribution in [2.75, 3.05) is 40.1 Å². The van der Waals surface area contributed by atoms with Crippen molar-refractivity contribution in [3.63, 3.8) is 0 Å². The van der Waals surface area contributed by atoms with Crippen LogP contribution in [0.25, 0.3) is 0 Å².